The van der Waals surface area contributed by atoms with Crippen molar-refractivity contribution >= 4 is 17.5 Å². The number of rotatable bonds is 3. The molecule has 0 aliphatic rings. The topological polar surface area (TPSA) is 29.4 Å². The van der Waals surface area contributed by atoms with Crippen molar-refractivity contribution in [3.05, 3.63) is 35.1 Å². The summed E-state index contributed by atoms with van der Waals surface area (Å²) >= 11 is 0. The molecule has 0 radical (unpaired) electrons. The molecule has 0 aromatic heterocycles. The Labute approximate surface area is 89.7 Å². The average molecular weight is 199 g/mol. The SMILES string of the molecule is CCc1cccc(CC)c1N=C=C=C=O. The summed E-state index contributed by atoms with van der Waals surface area (Å²) in [5, 5.41) is 0. The highest BCUT2D eigenvalue weighted by Gasteiger charge is 2.03. The molecule has 0 spiro atoms. The Balaban J connectivity index is 3.34. The van der Waals surface area contributed by atoms with E-state index in [1.54, 1.807) is 0 Å². The number of aryl methyl sites for hydroxylation is 2. The third-order valence-electron chi connectivity index (χ3n) is 2.24. The summed E-state index contributed by atoms with van der Waals surface area (Å²) in [5.41, 5.74) is 5.41. The normalized spacial score (nSPS) is 8.67. The summed E-state index contributed by atoms with van der Waals surface area (Å²) < 4.78 is 0. The van der Waals surface area contributed by atoms with Crippen LogP contribution in [0.15, 0.2) is 28.9 Å². The van der Waals surface area contributed by atoms with Crippen LogP contribution in [0, 0.1) is 0 Å². The predicted molar refractivity (Wildman–Crippen MR) is 61.5 cm³/mol. The molecule has 0 heterocycles. The van der Waals surface area contributed by atoms with Crippen molar-refractivity contribution < 1.29 is 4.79 Å². The van der Waals surface area contributed by atoms with Crippen molar-refractivity contribution in [1.82, 2.24) is 0 Å². The molecule has 0 saturated carbocycles. The summed E-state index contributed by atoms with van der Waals surface area (Å²) in [4.78, 5) is 14.1. The van der Waals surface area contributed by atoms with Crippen LogP contribution in [0.3, 0.4) is 0 Å². The molecule has 0 aliphatic carbocycles. The molecule has 0 unspecified atom stereocenters. The predicted octanol–water partition coefficient (Wildman–Crippen LogP) is 2.66. The summed E-state index contributed by atoms with van der Waals surface area (Å²) in [5.74, 6) is 3.96. The number of benzene rings is 1. The Morgan fingerprint density at radius 2 is 1.80 bits per heavy atom. The molecule has 0 saturated heterocycles. The largest absolute Gasteiger partial charge is 0.223 e. The van der Waals surface area contributed by atoms with E-state index in [4.69, 9.17) is 0 Å². The number of hydrogen-bond acceptors (Lipinski definition) is 2. The zero-order valence-electron chi connectivity index (χ0n) is 9.00. The van der Waals surface area contributed by atoms with Crippen molar-refractivity contribution in [3.63, 3.8) is 0 Å². The molecule has 76 valence electrons. The van der Waals surface area contributed by atoms with Crippen LogP contribution in [0.4, 0.5) is 5.69 Å². The van der Waals surface area contributed by atoms with Gasteiger partial charge >= 0.3 is 0 Å². The highest BCUT2D eigenvalue weighted by molar-refractivity contribution is 5.68. The quantitative estimate of drug-likeness (QED) is 0.418. The molecular weight excluding hydrogens is 186 g/mol. The van der Waals surface area contributed by atoms with Crippen LogP contribution < -0.4 is 0 Å². The Morgan fingerprint density at radius 3 is 2.27 bits per heavy atom. The fourth-order valence-corrected chi connectivity index (χ4v) is 1.47. The van der Waals surface area contributed by atoms with Gasteiger partial charge in [-0.1, -0.05) is 32.0 Å². The summed E-state index contributed by atoms with van der Waals surface area (Å²) in [6.45, 7) is 4.15. The molecule has 1 aromatic rings. The molecule has 1 aromatic carbocycles. The van der Waals surface area contributed by atoms with Crippen LogP contribution in [-0.2, 0) is 17.6 Å². The van der Waals surface area contributed by atoms with E-state index >= 15 is 0 Å². The monoisotopic (exact) mass is 199 g/mol. The lowest BCUT2D eigenvalue weighted by molar-refractivity contribution is 0.569. The summed E-state index contributed by atoms with van der Waals surface area (Å²) in [7, 11) is 0. The van der Waals surface area contributed by atoms with E-state index in [0.717, 1.165) is 29.7 Å². The van der Waals surface area contributed by atoms with Crippen molar-refractivity contribution in [1.29, 1.82) is 0 Å². The van der Waals surface area contributed by atoms with Crippen LogP contribution in [-0.4, -0.2) is 11.8 Å². The van der Waals surface area contributed by atoms with E-state index in [1.807, 2.05) is 18.2 Å². The maximum atomic E-state index is 9.95. The maximum absolute atomic E-state index is 9.95. The van der Waals surface area contributed by atoms with Crippen LogP contribution in [0.1, 0.15) is 25.0 Å². The van der Waals surface area contributed by atoms with Crippen LogP contribution >= 0.6 is 0 Å². The minimum atomic E-state index is 0.908. The zero-order chi connectivity index (χ0) is 11.1. The van der Waals surface area contributed by atoms with Gasteiger partial charge < -0.3 is 0 Å². The number of carbonyl (C=O) groups excluding carboxylic acids is 1. The smallest absolute Gasteiger partial charge is 0.187 e. The molecule has 0 atom stereocenters. The lowest BCUT2D eigenvalue weighted by Gasteiger charge is -2.06. The minimum absolute atomic E-state index is 0.908. The van der Waals surface area contributed by atoms with Gasteiger partial charge in [0.2, 0.25) is 0 Å². The second-order valence-corrected chi connectivity index (χ2v) is 3.08. The van der Waals surface area contributed by atoms with Gasteiger partial charge in [-0.25, -0.2) is 4.79 Å². The highest BCUT2D eigenvalue weighted by atomic mass is 16.1. The van der Waals surface area contributed by atoms with Gasteiger partial charge in [-0.15, -0.1) is 0 Å². The van der Waals surface area contributed by atoms with Crippen molar-refractivity contribution in [2.75, 3.05) is 0 Å². The standard InChI is InChI=1S/C13H13NO/c1-3-11-7-5-8-12(4-2)13(11)14-9-6-10-15/h5,7-8H,3-4H2,1-2H3. The minimum Gasteiger partial charge on any atom is -0.223 e. The number of aliphatic imine (C=N–C) groups is 1. The van der Waals surface area contributed by atoms with E-state index < -0.39 is 0 Å². The van der Waals surface area contributed by atoms with E-state index in [9.17, 15) is 4.79 Å². The first-order chi connectivity index (χ1) is 7.33. The van der Waals surface area contributed by atoms with Gasteiger partial charge in [0.1, 0.15) is 0 Å². The molecule has 1 rings (SSSR count). The van der Waals surface area contributed by atoms with Crippen LogP contribution in [0.2, 0.25) is 0 Å². The highest BCUT2D eigenvalue weighted by Crippen LogP contribution is 2.24. The summed E-state index contributed by atoms with van der Waals surface area (Å²) in [6.07, 6.45) is 1.83. The van der Waals surface area contributed by atoms with Crippen molar-refractivity contribution in [3.8, 4) is 0 Å². The molecule has 15 heavy (non-hydrogen) atoms. The maximum Gasteiger partial charge on any atom is 0.187 e. The summed E-state index contributed by atoms with van der Waals surface area (Å²) in [6, 6.07) is 6.09. The number of para-hydroxylation sites is 1. The Hall–Kier alpha value is -1.84. The molecule has 0 amide bonds. The molecule has 2 heteroatoms. The third-order valence-corrected chi connectivity index (χ3v) is 2.24. The van der Waals surface area contributed by atoms with Crippen molar-refractivity contribution in [2.45, 2.75) is 26.7 Å². The van der Waals surface area contributed by atoms with Gasteiger partial charge in [0.25, 0.3) is 0 Å². The lowest BCUT2D eigenvalue weighted by atomic mass is 10.0. The molecule has 0 fully saturated rings. The zero-order valence-corrected chi connectivity index (χ0v) is 9.00. The first-order valence-corrected chi connectivity index (χ1v) is 5.02. The van der Waals surface area contributed by atoms with Crippen LogP contribution in [0.25, 0.3) is 0 Å². The average Bonchev–Trinajstić information content (AvgIpc) is 2.29. The number of hydrogen-bond donors (Lipinski definition) is 0. The Morgan fingerprint density at radius 1 is 1.20 bits per heavy atom. The van der Waals surface area contributed by atoms with Gasteiger partial charge in [0.05, 0.1) is 11.6 Å². The lowest BCUT2D eigenvalue weighted by Crippen LogP contribution is -1.87. The fourth-order valence-electron chi connectivity index (χ4n) is 1.47. The van der Waals surface area contributed by atoms with Gasteiger partial charge in [0.15, 0.2) is 5.94 Å². The van der Waals surface area contributed by atoms with Gasteiger partial charge in [-0.05, 0) is 24.0 Å². The first-order valence-electron chi connectivity index (χ1n) is 5.02. The van der Waals surface area contributed by atoms with E-state index in [2.05, 4.69) is 30.4 Å². The molecular formula is C13H13NO. The Bertz CT molecular complexity index is 435. The second-order valence-electron chi connectivity index (χ2n) is 3.08. The second kappa shape index (κ2) is 5.80. The number of nitrogens with zero attached hydrogens (tertiary/aromatic N) is 1. The van der Waals surface area contributed by atoms with E-state index in [1.165, 1.54) is 5.94 Å². The van der Waals surface area contributed by atoms with Gasteiger partial charge in [-0.2, -0.15) is 4.99 Å². The van der Waals surface area contributed by atoms with Gasteiger partial charge in [-0.3, -0.25) is 0 Å². The molecule has 2 nitrogen and oxygen atoms in total. The molecule has 0 N–H and O–H groups in total. The third kappa shape index (κ3) is 2.80. The molecule has 0 aliphatic heterocycles. The van der Waals surface area contributed by atoms with Crippen molar-refractivity contribution in [2.24, 2.45) is 4.99 Å². The molecule has 0 bridgehead atoms. The van der Waals surface area contributed by atoms with Gasteiger partial charge in [0, 0.05) is 5.73 Å². The Kier molecular flexibility index (Phi) is 4.34. The first kappa shape index (κ1) is 11.2. The van der Waals surface area contributed by atoms with Crippen LogP contribution in [0.5, 0.6) is 0 Å². The van der Waals surface area contributed by atoms with E-state index in [0.29, 0.717) is 0 Å². The van der Waals surface area contributed by atoms with E-state index in [-0.39, 0.29) is 0 Å². The fraction of sp³-hybridized carbons (Fsp3) is 0.308.